The summed E-state index contributed by atoms with van der Waals surface area (Å²) < 4.78 is 26.1. The molecule has 0 aromatic carbocycles. The summed E-state index contributed by atoms with van der Waals surface area (Å²) in [6.45, 7) is 7.21. The second-order valence-corrected chi connectivity index (χ2v) is 5.51. The molecule has 1 saturated carbocycles. The zero-order valence-electron chi connectivity index (χ0n) is 8.69. The van der Waals surface area contributed by atoms with Gasteiger partial charge in [0, 0.05) is 12.8 Å². The number of hydrogen-bond donors (Lipinski definition) is 1. The Morgan fingerprint density at radius 3 is 1.92 bits per heavy atom. The molecule has 1 aliphatic rings. The molecule has 0 saturated heterocycles. The quantitative estimate of drug-likeness (QED) is 0.625. The molecule has 0 amide bonds. The molecule has 0 aliphatic heterocycles. The maximum Gasteiger partial charge on any atom is 0.251 e. The van der Waals surface area contributed by atoms with Crippen LogP contribution in [0.25, 0.3) is 0 Å². The van der Waals surface area contributed by atoms with E-state index in [1.165, 1.54) is 6.92 Å². The van der Waals surface area contributed by atoms with Crippen LogP contribution in [0.2, 0.25) is 0 Å². The SMILES string of the molecule is CC(C)(C)C1CC(F)(F)CC1(C)O. The van der Waals surface area contributed by atoms with Crippen LogP contribution in [-0.2, 0) is 0 Å². The minimum atomic E-state index is -2.69. The first kappa shape index (κ1) is 10.9. The van der Waals surface area contributed by atoms with E-state index in [2.05, 4.69) is 0 Å². The van der Waals surface area contributed by atoms with Crippen molar-refractivity contribution in [3.8, 4) is 0 Å². The van der Waals surface area contributed by atoms with E-state index in [0.717, 1.165) is 0 Å². The van der Waals surface area contributed by atoms with Crippen LogP contribution >= 0.6 is 0 Å². The van der Waals surface area contributed by atoms with Crippen molar-refractivity contribution >= 4 is 0 Å². The van der Waals surface area contributed by atoms with Gasteiger partial charge in [0.15, 0.2) is 0 Å². The maximum atomic E-state index is 13.1. The summed E-state index contributed by atoms with van der Waals surface area (Å²) in [4.78, 5) is 0. The molecule has 1 aliphatic carbocycles. The molecule has 0 spiro atoms. The number of halogens is 2. The Morgan fingerprint density at radius 1 is 1.31 bits per heavy atom. The predicted octanol–water partition coefficient (Wildman–Crippen LogP) is 2.83. The lowest BCUT2D eigenvalue weighted by Gasteiger charge is -2.35. The largest absolute Gasteiger partial charge is 0.390 e. The lowest BCUT2D eigenvalue weighted by atomic mass is 9.73. The highest BCUT2D eigenvalue weighted by Gasteiger charge is 2.56. The third kappa shape index (κ3) is 2.19. The van der Waals surface area contributed by atoms with Crippen LogP contribution < -0.4 is 0 Å². The summed E-state index contributed by atoms with van der Waals surface area (Å²) in [5.74, 6) is -3.02. The molecule has 0 aromatic rings. The Hall–Kier alpha value is -0.180. The van der Waals surface area contributed by atoms with Gasteiger partial charge in [-0.15, -0.1) is 0 Å². The highest BCUT2D eigenvalue weighted by atomic mass is 19.3. The Kier molecular flexibility index (Phi) is 2.23. The molecule has 0 heterocycles. The molecule has 1 rings (SSSR count). The van der Waals surface area contributed by atoms with Crippen molar-refractivity contribution in [1.29, 1.82) is 0 Å². The molecule has 2 unspecified atom stereocenters. The van der Waals surface area contributed by atoms with Gasteiger partial charge in [0.25, 0.3) is 5.92 Å². The van der Waals surface area contributed by atoms with Crippen molar-refractivity contribution in [1.82, 2.24) is 0 Å². The van der Waals surface area contributed by atoms with Crippen molar-refractivity contribution in [2.24, 2.45) is 11.3 Å². The average molecular weight is 192 g/mol. The predicted molar refractivity (Wildman–Crippen MR) is 47.7 cm³/mol. The second-order valence-electron chi connectivity index (χ2n) is 5.51. The monoisotopic (exact) mass is 192 g/mol. The third-order valence-corrected chi connectivity index (χ3v) is 2.92. The summed E-state index contributed by atoms with van der Waals surface area (Å²) in [5.41, 5.74) is -1.48. The summed E-state index contributed by atoms with van der Waals surface area (Å²) >= 11 is 0. The van der Waals surface area contributed by atoms with Gasteiger partial charge in [0.2, 0.25) is 0 Å². The van der Waals surface area contributed by atoms with Gasteiger partial charge >= 0.3 is 0 Å². The van der Waals surface area contributed by atoms with Crippen LogP contribution in [0.1, 0.15) is 40.5 Å². The number of aliphatic hydroxyl groups is 1. The number of alkyl halides is 2. The van der Waals surface area contributed by atoms with E-state index in [0.29, 0.717) is 0 Å². The second kappa shape index (κ2) is 2.66. The van der Waals surface area contributed by atoms with Crippen LogP contribution in [0.5, 0.6) is 0 Å². The molecule has 0 bridgehead atoms. The molecular formula is C10H18F2O. The average Bonchev–Trinajstić information content (AvgIpc) is 1.97. The van der Waals surface area contributed by atoms with E-state index in [1.807, 2.05) is 20.8 Å². The normalized spacial score (nSPS) is 39.5. The molecular weight excluding hydrogens is 174 g/mol. The lowest BCUT2D eigenvalue weighted by Crippen LogP contribution is -2.37. The Bertz CT molecular complexity index is 203. The van der Waals surface area contributed by atoms with E-state index < -0.39 is 17.9 Å². The van der Waals surface area contributed by atoms with Crippen LogP contribution in [0.3, 0.4) is 0 Å². The van der Waals surface area contributed by atoms with Crippen molar-refractivity contribution < 1.29 is 13.9 Å². The first-order valence-electron chi connectivity index (χ1n) is 4.65. The topological polar surface area (TPSA) is 20.2 Å². The van der Waals surface area contributed by atoms with Crippen LogP contribution in [0.4, 0.5) is 8.78 Å². The Balaban J connectivity index is 2.89. The van der Waals surface area contributed by atoms with E-state index in [4.69, 9.17) is 0 Å². The first-order chi connectivity index (χ1) is 5.55. The smallest absolute Gasteiger partial charge is 0.251 e. The van der Waals surface area contributed by atoms with E-state index >= 15 is 0 Å². The van der Waals surface area contributed by atoms with Crippen LogP contribution in [0, 0.1) is 11.3 Å². The highest BCUT2D eigenvalue weighted by Crippen LogP contribution is 2.52. The zero-order valence-corrected chi connectivity index (χ0v) is 8.69. The summed E-state index contributed by atoms with van der Waals surface area (Å²) in [7, 11) is 0. The first-order valence-corrected chi connectivity index (χ1v) is 4.65. The van der Waals surface area contributed by atoms with Crippen LogP contribution in [0.15, 0.2) is 0 Å². The number of hydrogen-bond acceptors (Lipinski definition) is 1. The van der Waals surface area contributed by atoms with Gasteiger partial charge in [-0.3, -0.25) is 0 Å². The standard InChI is InChI=1S/C10H18F2O/c1-8(2,3)7-5-10(11,12)6-9(7,4)13/h7,13H,5-6H2,1-4H3. The third-order valence-electron chi connectivity index (χ3n) is 2.92. The van der Waals surface area contributed by atoms with E-state index in [9.17, 15) is 13.9 Å². The molecule has 0 aromatic heterocycles. The van der Waals surface area contributed by atoms with Crippen molar-refractivity contribution in [3.05, 3.63) is 0 Å². The number of rotatable bonds is 0. The molecule has 3 heteroatoms. The minimum absolute atomic E-state index is 0.191. The van der Waals surface area contributed by atoms with E-state index in [1.54, 1.807) is 0 Å². The van der Waals surface area contributed by atoms with Gasteiger partial charge < -0.3 is 5.11 Å². The van der Waals surface area contributed by atoms with Gasteiger partial charge in [0.1, 0.15) is 0 Å². The fourth-order valence-electron chi connectivity index (χ4n) is 2.48. The Morgan fingerprint density at radius 2 is 1.77 bits per heavy atom. The fourth-order valence-corrected chi connectivity index (χ4v) is 2.48. The molecule has 13 heavy (non-hydrogen) atoms. The van der Waals surface area contributed by atoms with Gasteiger partial charge in [-0.25, -0.2) is 8.78 Å². The molecule has 1 N–H and O–H groups in total. The summed E-state index contributed by atoms with van der Waals surface area (Å²) in [6, 6.07) is 0. The Labute approximate surface area is 78.1 Å². The molecule has 78 valence electrons. The maximum absolute atomic E-state index is 13.1. The van der Waals surface area contributed by atoms with Crippen molar-refractivity contribution in [2.75, 3.05) is 0 Å². The highest BCUT2D eigenvalue weighted by molar-refractivity contribution is 5.01. The summed E-state index contributed by atoms with van der Waals surface area (Å²) in [5, 5.41) is 9.85. The minimum Gasteiger partial charge on any atom is -0.390 e. The van der Waals surface area contributed by atoms with Gasteiger partial charge in [-0.2, -0.15) is 0 Å². The van der Waals surface area contributed by atoms with E-state index in [-0.39, 0.29) is 17.8 Å². The molecule has 1 nitrogen and oxygen atoms in total. The summed E-state index contributed by atoms with van der Waals surface area (Å²) in [6.07, 6.45) is -0.592. The lowest BCUT2D eigenvalue weighted by molar-refractivity contribution is -0.0393. The van der Waals surface area contributed by atoms with Gasteiger partial charge in [-0.05, 0) is 18.3 Å². The molecule has 1 fully saturated rings. The zero-order chi connectivity index (χ0) is 10.5. The van der Waals surface area contributed by atoms with Crippen molar-refractivity contribution in [3.63, 3.8) is 0 Å². The molecule has 2 atom stereocenters. The van der Waals surface area contributed by atoms with Crippen molar-refractivity contribution in [2.45, 2.75) is 52.1 Å². The van der Waals surface area contributed by atoms with Gasteiger partial charge in [-0.1, -0.05) is 20.8 Å². The molecule has 0 radical (unpaired) electrons. The van der Waals surface area contributed by atoms with Gasteiger partial charge in [0.05, 0.1) is 5.60 Å². The fraction of sp³-hybridized carbons (Fsp3) is 1.00. The van der Waals surface area contributed by atoms with Crippen LogP contribution in [-0.4, -0.2) is 16.6 Å².